The fraction of sp³-hybridized carbons (Fsp3) is 0.538. The molecular formula is C13H22N2O. The standard InChI is InChI=1S/C13H22N2O/c1-16-13-10-11(4-2-8-14)6-7-12(13)5-3-9-15/h6-7,10H,2-5,8-9,14-15H2,1H3. The van der Waals surface area contributed by atoms with Crippen LogP contribution in [0.1, 0.15) is 24.0 Å². The van der Waals surface area contributed by atoms with Crippen LogP contribution < -0.4 is 16.2 Å². The van der Waals surface area contributed by atoms with Gasteiger partial charge in [0, 0.05) is 0 Å². The lowest BCUT2D eigenvalue weighted by molar-refractivity contribution is 0.408. The van der Waals surface area contributed by atoms with Gasteiger partial charge < -0.3 is 16.2 Å². The molecule has 0 radical (unpaired) electrons. The molecule has 0 heterocycles. The largest absolute Gasteiger partial charge is 0.496 e. The molecule has 0 aromatic heterocycles. The van der Waals surface area contributed by atoms with E-state index in [9.17, 15) is 0 Å². The van der Waals surface area contributed by atoms with Crippen molar-refractivity contribution in [1.29, 1.82) is 0 Å². The molecule has 4 N–H and O–H groups in total. The molecule has 0 fully saturated rings. The zero-order valence-corrected chi connectivity index (χ0v) is 10.0. The summed E-state index contributed by atoms with van der Waals surface area (Å²) in [6, 6.07) is 6.41. The summed E-state index contributed by atoms with van der Waals surface area (Å²) in [5.41, 5.74) is 13.5. The quantitative estimate of drug-likeness (QED) is 0.734. The van der Waals surface area contributed by atoms with Gasteiger partial charge in [0.15, 0.2) is 0 Å². The topological polar surface area (TPSA) is 61.3 Å². The molecule has 1 aromatic carbocycles. The second kappa shape index (κ2) is 7.25. The number of benzene rings is 1. The number of methoxy groups -OCH3 is 1. The summed E-state index contributed by atoms with van der Waals surface area (Å²) in [5.74, 6) is 0.975. The number of hydrogen-bond donors (Lipinski definition) is 2. The fourth-order valence-corrected chi connectivity index (χ4v) is 1.75. The minimum Gasteiger partial charge on any atom is -0.496 e. The highest BCUT2D eigenvalue weighted by molar-refractivity contribution is 5.37. The van der Waals surface area contributed by atoms with Crippen molar-refractivity contribution < 1.29 is 4.74 Å². The van der Waals surface area contributed by atoms with Crippen LogP contribution >= 0.6 is 0 Å². The van der Waals surface area contributed by atoms with E-state index in [1.807, 2.05) is 0 Å². The maximum Gasteiger partial charge on any atom is 0.122 e. The summed E-state index contributed by atoms with van der Waals surface area (Å²) >= 11 is 0. The van der Waals surface area contributed by atoms with Crippen molar-refractivity contribution in [3.8, 4) is 5.75 Å². The summed E-state index contributed by atoms with van der Waals surface area (Å²) in [6.45, 7) is 1.45. The Labute approximate surface area is 97.8 Å². The van der Waals surface area contributed by atoms with E-state index in [4.69, 9.17) is 16.2 Å². The molecule has 3 heteroatoms. The van der Waals surface area contributed by atoms with Crippen molar-refractivity contribution in [1.82, 2.24) is 0 Å². The molecule has 0 atom stereocenters. The summed E-state index contributed by atoms with van der Waals surface area (Å²) in [5, 5.41) is 0. The van der Waals surface area contributed by atoms with Crippen LogP contribution in [0.5, 0.6) is 5.75 Å². The normalized spacial score (nSPS) is 10.4. The molecule has 1 aromatic rings. The maximum absolute atomic E-state index is 5.51. The third kappa shape index (κ3) is 3.83. The van der Waals surface area contributed by atoms with Gasteiger partial charge in [-0.3, -0.25) is 0 Å². The first-order valence-electron chi connectivity index (χ1n) is 5.87. The molecule has 0 aliphatic carbocycles. The van der Waals surface area contributed by atoms with Crippen molar-refractivity contribution in [2.45, 2.75) is 25.7 Å². The smallest absolute Gasteiger partial charge is 0.122 e. The summed E-state index contributed by atoms with van der Waals surface area (Å²) in [4.78, 5) is 0. The highest BCUT2D eigenvalue weighted by atomic mass is 16.5. The van der Waals surface area contributed by atoms with E-state index < -0.39 is 0 Å². The third-order valence-corrected chi connectivity index (χ3v) is 2.67. The van der Waals surface area contributed by atoms with Gasteiger partial charge in [0.05, 0.1) is 7.11 Å². The molecule has 0 spiro atoms. The lowest BCUT2D eigenvalue weighted by Crippen LogP contribution is -2.03. The van der Waals surface area contributed by atoms with Crippen LogP contribution in [0.15, 0.2) is 18.2 Å². The number of aryl methyl sites for hydroxylation is 2. The Hall–Kier alpha value is -1.06. The Kier molecular flexibility index (Phi) is 5.90. The molecule has 0 bridgehead atoms. The van der Waals surface area contributed by atoms with E-state index >= 15 is 0 Å². The van der Waals surface area contributed by atoms with E-state index in [2.05, 4.69) is 18.2 Å². The first-order valence-corrected chi connectivity index (χ1v) is 5.87. The van der Waals surface area contributed by atoms with Crippen molar-refractivity contribution in [3.05, 3.63) is 29.3 Å². The first kappa shape index (κ1) is 13.0. The Morgan fingerprint density at radius 3 is 2.38 bits per heavy atom. The highest BCUT2D eigenvalue weighted by Gasteiger charge is 2.03. The van der Waals surface area contributed by atoms with Crippen LogP contribution in [0.25, 0.3) is 0 Å². The van der Waals surface area contributed by atoms with Gasteiger partial charge in [0.2, 0.25) is 0 Å². The van der Waals surface area contributed by atoms with Crippen molar-refractivity contribution in [2.75, 3.05) is 20.2 Å². The molecule has 0 amide bonds. The Balaban J connectivity index is 2.71. The van der Waals surface area contributed by atoms with Crippen LogP contribution in [-0.4, -0.2) is 20.2 Å². The van der Waals surface area contributed by atoms with Gasteiger partial charge in [-0.2, -0.15) is 0 Å². The van der Waals surface area contributed by atoms with E-state index in [0.717, 1.165) is 44.5 Å². The third-order valence-electron chi connectivity index (χ3n) is 2.67. The van der Waals surface area contributed by atoms with Crippen molar-refractivity contribution in [3.63, 3.8) is 0 Å². The molecule has 0 unspecified atom stereocenters. The molecule has 16 heavy (non-hydrogen) atoms. The predicted molar refractivity (Wildman–Crippen MR) is 67.7 cm³/mol. The molecule has 0 aliphatic heterocycles. The van der Waals surface area contributed by atoms with Crippen LogP contribution in [0, 0.1) is 0 Å². The van der Waals surface area contributed by atoms with Crippen LogP contribution in [0.4, 0.5) is 0 Å². The second-order valence-electron chi connectivity index (χ2n) is 3.93. The molecular weight excluding hydrogens is 200 g/mol. The van der Waals surface area contributed by atoms with Crippen molar-refractivity contribution in [2.24, 2.45) is 11.5 Å². The average Bonchev–Trinajstić information content (AvgIpc) is 2.34. The Morgan fingerprint density at radius 2 is 1.75 bits per heavy atom. The Morgan fingerprint density at radius 1 is 1.06 bits per heavy atom. The molecule has 0 saturated heterocycles. The first-order chi connectivity index (χ1) is 7.81. The van der Waals surface area contributed by atoms with Gasteiger partial charge in [-0.15, -0.1) is 0 Å². The van der Waals surface area contributed by atoms with E-state index in [0.29, 0.717) is 0 Å². The van der Waals surface area contributed by atoms with E-state index in [1.165, 1.54) is 11.1 Å². The van der Waals surface area contributed by atoms with Gasteiger partial charge in [-0.1, -0.05) is 12.1 Å². The lowest BCUT2D eigenvalue weighted by Gasteiger charge is -2.10. The highest BCUT2D eigenvalue weighted by Crippen LogP contribution is 2.22. The number of rotatable bonds is 7. The minimum absolute atomic E-state index is 0.720. The van der Waals surface area contributed by atoms with Crippen LogP contribution in [0.2, 0.25) is 0 Å². The SMILES string of the molecule is COc1cc(CCCN)ccc1CCCN. The molecule has 3 nitrogen and oxygen atoms in total. The maximum atomic E-state index is 5.51. The van der Waals surface area contributed by atoms with E-state index in [-0.39, 0.29) is 0 Å². The van der Waals surface area contributed by atoms with Gasteiger partial charge >= 0.3 is 0 Å². The van der Waals surface area contributed by atoms with Gasteiger partial charge in [0.25, 0.3) is 0 Å². The van der Waals surface area contributed by atoms with E-state index in [1.54, 1.807) is 7.11 Å². The van der Waals surface area contributed by atoms with Gasteiger partial charge in [0.1, 0.15) is 5.75 Å². The summed E-state index contributed by atoms with van der Waals surface area (Å²) in [7, 11) is 1.72. The number of hydrogen-bond acceptors (Lipinski definition) is 3. The molecule has 0 aliphatic rings. The number of ether oxygens (including phenoxy) is 1. The van der Waals surface area contributed by atoms with Crippen LogP contribution in [-0.2, 0) is 12.8 Å². The monoisotopic (exact) mass is 222 g/mol. The molecule has 90 valence electrons. The van der Waals surface area contributed by atoms with Gasteiger partial charge in [-0.25, -0.2) is 0 Å². The predicted octanol–water partition coefficient (Wildman–Crippen LogP) is 1.48. The Bertz CT molecular complexity index is 313. The minimum atomic E-state index is 0.720. The molecule has 1 rings (SSSR count). The fourth-order valence-electron chi connectivity index (χ4n) is 1.75. The zero-order valence-electron chi connectivity index (χ0n) is 10.0. The van der Waals surface area contributed by atoms with Crippen LogP contribution in [0.3, 0.4) is 0 Å². The molecule has 0 saturated carbocycles. The summed E-state index contributed by atoms with van der Waals surface area (Å²) in [6.07, 6.45) is 4.02. The summed E-state index contributed by atoms with van der Waals surface area (Å²) < 4.78 is 5.39. The zero-order chi connectivity index (χ0) is 11.8. The second-order valence-corrected chi connectivity index (χ2v) is 3.93. The lowest BCUT2D eigenvalue weighted by atomic mass is 10.0. The average molecular weight is 222 g/mol. The van der Waals surface area contributed by atoms with Crippen molar-refractivity contribution >= 4 is 0 Å². The van der Waals surface area contributed by atoms with Gasteiger partial charge in [-0.05, 0) is 56.0 Å². The number of nitrogens with two attached hydrogens (primary N) is 2.